The van der Waals surface area contributed by atoms with Crippen molar-refractivity contribution in [3.8, 4) is 0 Å². The van der Waals surface area contributed by atoms with Crippen molar-refractivity contribution in [2.75, 3.05) is 11.9 Å². The standard InChI is InChI=1S/C23H25N3O4/c1-5-23(4,22(30)24-19-14(2)9-8-10-15(19)3)25-18(27)13-26-20(28)16-11-6-7-12-17(16)21(26)29/h6-12H,5,13H2,1-4H3,(H,24,30)(H,25,27)/t23-/m0/s1. The van der Waals surface area contributed by atoms with Gasteiger partial charge in [-0.25, -0.2) is 0 Å². The van der Waals surface area contributed by atoms with Crippen LogP contribution < -0.4 is 10.6 Å². The summed E-state index contributed by atoms with van der Waals surface area (Å²) in [5, 5.41) is 5.60. The quantitative estimate of drug-likeness (QED) is 0.720. The summed E-state index contributed by atoms with van der Waals surface area (Å²) in [5.41, 5.74) is 1.89. The number of aryl methyl sites for hydroxylation is 2. The molecule has 0 aliphatic carbocycles. The minimum atomic E-state index is -1.20. The van der Waals surface area contributed by atoms with E-state index in [-0.39, 0.29) is 17.0 Å². The molecule has 0 unspecified atom stereocenters. The van der Waals surface area contributed by atoms with Gasteiger partial charge in [0.25, 0.3) is 11.8 Å². The maximum Gasteiger partial charge on any atom is 0.262 e. The topological polar surface area (TPSA) is 95.6 Å². The van der Waals surface area contributed by atoms with Crippen LogP contribution in [0.1, 0.15) is 52.1 Å². The molecule has 0 fully saturated rings. The molecule has 0 aromatic heterocycles. The Bertz CT molecular complexity index is 991. The second kappa shape index (κ2) is 8.10. The van der Waals surface area contributed by atoms with Crippen LogP contribution >= 0.6 is 0 Å². The number of nitrogens with zero attached hydrogens (tertiary/aromatic N) is 1. The number of rotatable bonds is 6. The molecule has 1 aliphatic heterocycles. The highest BCUT2D eigenvalue weighted by molar-refractivity contribution is 6.22. The van der Waals surface area contributed by atoms with Gasteiger partial charge in [0.05, 0.1) is 11.1 Å². The van der Waals surface area contributed by atoms with Crippen molar-refractivity contribution in [2.45, 2.75) is 39.7 Å². The molecule has 7 nitrogen and oxygen atoms in total. The lowest BCUT2D eigenvalue weighted by molar-refractivity contribution is -0.130. The van der Waals surface area contributed by atoms with E-state index in [2.05, 4.69) is 10.6 Å². The highest BCUT2D eigenvalue weighted by Gasteiger charge is 2.39. The van der Waals surface area contributed by atoms with Gasteiger partial charge < -0.3 is 10.6 Å². The molecular weight excluding hydrogens is 382 g/mol. The van der Waals surface area contributed by atoms with E-state index in [0.29, 0.717) is 12.1 Å². The molecule has 7 heteroatoms. The van der Waals surface area contributed by atoms with Gasteiger partial charge in [-0.15, -0.1) is 0 Å². The third-order valence-electron chi connectivity index (χ3n) is 5.52. The summed E-state index contributed by atoms with van der Waals surface area (Å²) in [7, 11) is 0. The maximum atomic E-state index is 13.0. The molecule has 0 saturated carbocycles. The second-order valence-corrected chi connectivity index (χ2v) is 7.70. The molecule has 2 aromatic rings. The summed E-state index contributed by atoms with van der Waals surface area (Å²) in [6.07, 6.45) is 0.331. The van der Waals surface area contributed by atoms with E-state index >= 15 is 0 Å². The normalized spacial score (nSPS) is 14.9. The van der Waals surface area contributed by atoms with Gasteiger partial charge in [-0.3, -0.25) is 24.1 Å². The first-order valence-corrected chi connectivity index (χ1v) is 9.82. The molecule has 0 spiro atoms. The van der Waals surface area contributed by atoms with Crippen LogP contribution in [0.5, 0.6) is 0 Å². The first kappa shape index (κ1) is 21.2. The highest BCUT2D eigenvalue weighted by Crippen LogP contribution is 2.24. The average molecular weight is 407 g/mol. The third-order valence-corrected chi connectivity index (χ3v) is 5.52. The zero-order valence-corrected chi connectivity index (χ0v) is 17.5. The molecule has 4 amide bonds. The lowest BCUT2D eigenvalue weighted by Gasteiger charge is -2.29. The third kappa shape index (κ3) is 3.83. The Hall–Kier alpha value is -3.48. The molecule has 156 valence electrons. The number of fused-ring (bicyclic) bond motifs is 1. The molecule has 0 saturated heterocycles. The van der Waals surface area contributed by atoms with E-state index in [1.54, 1.807) is 38.1 Å². The summed E-state index contributed by atoms with van der Waals surface area (Å²) in [5.74, 6) is -1.96. The Balaban J connectivity index is 1.72. The van der Waals surface area contributed by atoms with Crippen LogP contribution in [0.4, 0.5) is 5.69 Å². The van der Waals surface area contributed by atoms with Crippen molar-refractivity contribution >= 4 is 29.3 Å². The van der Waals surface area contributed by atoms with Crippen LogP contribution in [0.3, 0.4) is 0 Å². The number of benzene rings is 2. The van der Waals surface area contributed by atoms with Gasteiger partial charge in [-0.2, -0.15) is 0 Å². The van der Waals surface area contributed by atoms with Gasteiger partial charge in [0.1, 0.15) is 12.1 Å². The van der Waals surface area contributed by atoms with Crippen LogP contribution in [-0.2, 0) is 9.59 Å². The SMILES string of the molecule is CC[C@](C)(NC(=O)CN1C(=O)c2ccccc2C1=O)C(=O)Nc1c(C)cccc1C. The summed E-state index contributed by atoms with van der Waals surface area (Å²) < 4.78 is 0. The Morgan fingerprint density at radius 3 is 1.97 bits per heavy atom. The summed E-state index contributed by atoms with van der Waals surface area (Å²) in [4.78, 5) is 51.5. The fourth-order valence-electron chi connectivity index (χ4n) is 3.44. The van der Waals surface area contributed by atoms with E-state index in [0.717, 1.165) is 16.0 Å². The first-order chi connectivity index (χ1) is 14.2. The number of anilines is 1. The van der Waals surface area contributed by atoms with Gasteiger partial charge in [0, 0.05) is 5.69 Å². The fourth-order valence-corrected chi connectivity index (χ4v) is 3.44. The first-order valence-electron chi connectivity index (χ1n) is 9.82. The lowest BCUT2D eigenvalue weighted by Crippen LogP contribution is -2.56. The molecule has 0 radical (unpaired) electrons. The van der Waals surface area contributed by atoms with E-state index < -0.39 is 29.8 Å². The zero-order chi connectivity index (χ0) is 22.1. The van der Waals surface area contributed by atoms with Crippen LogP contribution in [0.2, 0.25) is 0 Å². The molecular formula is C23H25N3O4. The van der Waals surface area contributed by atoms with Crippen molar-refractivity contribution in [2.24, 2.45) is 0 Å². The number of hydrogen-bond donors (Lipinski definition) is 2. The van der Waals surface area contributed by atoms with Gasteiger partial charge >= 0.3 is 0 Å². The predicted octanol–water partition coefficient (Wildman–Crippen LogP) is 2.82. The van der Waals surface area contributed by atoms with Crippen LogP contribution in [0.15, 0.2) is 42.5 Å². The Morgan fingerprint density at radius 2 is 1.47 bits per heavy atom. The van der Waals surface area contributed by atoms with Crippen molar-refractivity contribution in [1.29, 1.82) is 0 Å². The van der Waals surface area contributed by atoms with E-state index in [9.17, 15) is 19.2 Å². The number of carbonyl (C=O) groups excluding carboxylic acids is 4. The largest absolute Gasteiger partial charge is 0.340 e. The summed E-state index contributed by atoms with van der Waals surface area (Å²) >= 11 is 0. The molecule has 0 bridgehead atoms. The van der Waals surface area contributed by atoms with Crippen molar-refractivity contribution < 1.29 is 19.2 Å². The molecule has 1 aliphatic rings. The second-order valence-electron chi connectivity index (χ2n) is 7.70. The lowest BCUT2D eigenvalue weighted by atomic mass is 9.96. The molecule has 30 heavy (non-hydrogen) atoms. The molecule has 3 rings (SSSR count). The van der Waals surface area contributed by atoms with Gasteiger partial charge in [0.15, 0.2) is 0 Å². The maximum absolute atomic E-state index is 13.0. The number of amides is 4. The number of imide groups is 1. The predicted molar refractivity (Wildman–Crippen MR) is 113 cm³/mol. The van der Waals surface area contributed by atoms with E-state index in [4.69, 9.17) is 0 Å². The number of hydrogen-bond acceptors (Lipinski definition) is 4. The number of para-hydroxylation sites is 1. The van der Waals surface area contributed by atoms with Crippen molar-refractivity contribution in [3.05, 3.63) is 64.7 Å². The van der Waals surface area contributed by atoms with Crippen LogP contribution in [0.25, 0.3) is 0 Å². The van der Waals surface area contributed by atoms with E-state index in [1.807, 2.05) is 32.0 Å². The molecule has 1 heterocycles. The van der Waals surface area contributed by atoms with Gasteiger partial charge in [0.2, 0.25) is 11.8 Å². The van der Waals surface area contributed by atoms with Crippen LogP contribution in [0, 0.1) is 13.8 Å². The van der Waals surface area contributed by atoms with Gasteiger partial charge in [-0.1, -0.05) is 37.3 Å². The Kier molecular flexibility index (Phi) is 5.73. The minimum absolute atomic E-state index is 0.279. The number of carbonyl (C=O) groups is 4. The monoisotopic (exact) mass is 407 g/mol. The summed E-state index contributed by atoms with van der Waals surface area (Å²) in [6, 6.07) is 12.1. The smallest absolute Gasteiger partial charge is 0.262 e. The Labute approximate surface area is 175 Å². The van der Waals surface area contributed by atoms with Crippen LogP contribution in [-0.4, -0.2) is 40.6 Å². The van der Waals surface area contributed by atoms with E-state index in [1.165, 1.54) is 0 Å². The fraction of sp³-hybridized carbons (Fsp3) is 0.304. The molecule has 2 N–H and O–H groups in total. The summed E-state index contributed by atoms with van der Waals surface area (Å²) in [6.45, 7) is 6.75. The number of nitrogens with one attached hydrogen (secondary N) is 2. The average Bonchev–Trinajstić information content (AvgIpc) is 2.95. The molecule has 2 aromatic carbocycles. The van der Waals surface area contributed by atoms with Gasteiger partial charge in [-0.05, 0) is 50.5 Å². The minimum Gasteiger partial charge on any atom is -0.340 e. The zero-order valence-electron chi connectivity index (χ0n) is 17.5. The Morgan fingerprint density at radius 1 is 0.933 bits per heavy atom. The van der Waals surface area contributed by atoms with Crippen molar-refractivity contribution in [1.82, 2.24) is 10.2 Å². The molecule has 1 atom stereocenters. The van der Waals surface area contributed by atoms with Crippen molar-refractivity contribution in [3.63, 3.8) is 0 Å². The highest BCUT2D eigenvalue weighted by atomic mass is 16.2.